The van der Waals surface area contributed by atoms with Crippen molar-refractivity contribution in [2.75, 3.05) is 0 Å². The van der Waals surface area contributed by atoms with Crippen LogP contribution in [0.3, 0.4) is 0 Å². The Morgan fingerprint density at radius 1 is 1.18 bits per heavy atom. The summed E-state index contributed by atoms with van der Waals surface area (Å²) in [5.41, 5.74) is 2.62. The van der Waals surface area contributed by atoms with Crippen molar-refractivity contribution in [2.45, 2.75) is 54.5 Å². The Bertz CT molecular complexity index is 1260. The van der Waals surface area contributed by atoms with E-state index < -0.39 is 4.92 Å². The molecule has 0 amide bonds. The van der Waals surface area contributed by atoms with Gasteiger partial charge in [-0.25, -0.2) is 4.98 Å². The maximum Gasteiger partial charge on any atom is 0.257 e. The van der Waals surface area contributed by atoms with E-state index in [0.717, 1.165) is 5.56 Å². The Kier molecular flexibility index (Phi) is 11.4. The molecule has 3 aromatic rings. The van der Waals surface area contributed by atoms with Gasteiger partial charge >= 0.3 is 0 Å². The number of hydrogen-bond acceptors (Lipinski definition) is 5. The molecular formula is C27H35N3O4. The number of ether oxygens (including phenoxy) is 1. The van der Waals surface area contributed by atoms with E-state index in [-0.39, 0.29) is 12.1 Å². The summed E-state index contributed by atoms with van der Waals surface area (Å²) in [7, 11) is 1.65. The van der Waals surface area contributed by atoms with Gasteiger partial charge in [-0.05, 0) is 42.8 Å². The second kappa shape index (κ2) is 13.7. The fraction of sp³-hybridized carbons (Fsp3) is 0.333. The van der Waals surface area contributed by atoms with E-state index >= 15 is 0 Å². The molecule has 0 radical (unpaired) electrons. The number of rotatable bonds is 5. The standard InChI is InChI=1S/C22H21N3O4.C3H8.C2H6/c1-5-17-15(3)19(13-24(4)22(17)26)18-10-16(12-25(27)28)7-8-20(18)29-21-9-6-14(2)11-23-21;1-3-2;1-2/h5-11,13H,3,12H2,1-2,4H3;3H2,1-2H3;1-2H3/b17-5+;;. The lowest BCUT2D eigenvalue weighted by Crippen LogP contribution is -2.44. The molecule has 0 bridgehead atoms. The van der Waals surface area contributed by atoms with Gasteiger partial charge in [0.2, 0.25) is 12.4 Å². The molecule has 0 unspecified atom stereocenters. The Labute approximate surface area is 201 Å². The highest BCUT2D eigenvalue weighted by atomic mass is 16.6. The highest BCUT2D eigenvalue weighted by molar-refractivity contribution is 5.72. The molecule has 7 heteroatoms. The summed E-state index contributed by atoms with van der Waals surface area (Å²) in [5, 5.41) is 12.0. The predicted octanol–water partition coefficient (Wildman–Crippen LogP) is 4.98. The average molecular weight is 466 g/mol. The number of aromatic nitrogens is 2. The van der Waals surface area contributed by atoms with E-state index in [0.29, 0.717) is 38.8 Å². The second-order valence-electron chi connectivity index (χ2n) is 7.44. The van der Waals surface area contributed by atoms with Crippen molar-refractivity contribution in [3.8, 4) is 22.8 Å². The SMILES string of the molecule is C=c1c(-c2cc(C[N+](=O)[O-])ccc2Oc2ccc(C)cn2)cn(C)c(=O)/c1=C/C.CC.CCC. The minimum Gasteiger partial charge on any atom is -0.438 e. The summed E-state index contributed by atoms with van der Waals surface area (Å²) in [5.74, 6) is 0.871. The minimum absolute atomic E-state index is 0.162. The number of nitro groups is 1. The first kappa shape index (κ1) is 28.3. The third kappa shape index (κ3) is 7.40. The molecule has 0 saturated heterocycles. The lowest BCUT2D eigenvalue weighted by molar-refractivity contribution is -0.496. The van der Waals surface area contributed by atoms with E-state index in [4.69, 9.17) is 4.74 Å². The van der Waals surface area contributed by atoms with Crippen molar-refractivity contribution < 1.29 is 9.66 Å². The first-order valence-electron chi connectivity index (χ1n) is 11.4. The van der Waals surface area contributed by atoms with Crippen LogP contribution in [0.15, 0.2) is 47.5 Å². The molecule has 7 nitrogen and oxygen atoms in total. The molecule has 1 aromatic carbocycles. The van der Waals surface area contributed by atoms with E-state index in [1.165, 1.54) is 11.0 Å². The van der Waals surface area contributed by atoms with Crippen LogP contribution in [0.1, 0.15) is 52.2 Å². The van der Waals surface area contributed by atoms with Gasteiger partial charge in [0, 0.05) is 52.3 Å². The fourth-order valence-electron chi connectivity index (χ4n) is 3.08. The molecular weight excluding hydrogens is 430 g/mol. The van der Waals surface area contributed by atoms with Crippen molar-refractivity contribution in [3.05, 3.63) is 84.8 Å². The molecule has 0 aliphatic heterocycles. The molecule has 0 spiro atoms. The van der Waals surface area contributed by atoms with Gasteiger partial charge in [-0.3, -0.25) is 14.9 Å². The van der Waals surface area contributed by atoms with Crippen LogP contribution in [0, 0.1) is 17.0 Å². The van der Waals surface area contributed by atoms with Crippen LogP contribution in [0.2, 0.25) is 0 Å². The highest BCUT2D eigenvalue weighted by Gasteiger charge is 2.14. The Morgan fingerprint density at radius 2 is 1.82 bits per heavy atom. The molecule has 3 rings (SSSR count). The molecule has 182 valence electrons. The van der Waals surface area contributed by atoms with Crippen LogP contribution in [0.5, 0.6) is 11.6 Å². The van der Waals surface area contributed by atoms with Gasteiger partial charge < -0.3 is 9.30 Å². The summed E-state index contributed by atoms with van der Waals surface area (Å²) >= 11 is 0. The van der Waals surface area contributed by atoms with Crippen molar-refractivity contribution in [3.63, 3.8) is 0 Å². The van der Waals surface area contributed by atoms with E-state index in [9.17, 15) is 14.9 Å². The van der Waals surface area contributed by atoms with E-state index in [2.05, 4.69) is 25.4 Å². The van der Waals surface area contributed by atoms with Crippen LogP contribution in [-0.2, 0) is 13.6 Å². The minimum atomic E-state index is -0.391. The normalized spacial score (nSPS) is 10.5. The molecule has 2 aromatic heterocycles. The Morgan fingerprint density at radius 3 is 2.35 bits per heavy atom. The second-order valence-corrected chi connectivity index (χ2v) is 7.44. The number of nitrogens with zero attached hydrogens (tertiary/aromatic N) is 3. The van der Waals surface area contributed by atoms with Crippen molar-refractivity contribution in [2.24, 2.45) is 7.05 Å². The maximum atomic E-state index is 12.4. The summed E-state index contributed by atoms with van der Waals surface area (Å²) in [6, 6.07) is 8.65. The smallest absolute Gasteiger partial charge is 0.257 e. The first-order chi connectivity index (χ1) is 16.2. The Hall–Kier alpha value is -3.74. The Balaban J connectivity index is 0.00000107. The van der Waals surface area contributed by atoms with Crippen molar-refractivity contribution in [1.29, 1.82) is 0 Å². The van der Waals surface area contributed by atoms with Crippen molar-refractivity contribution in [1.82, 2.24) is 9.55 Å². The number of aryl methyl sites for hydroxylation is 2. The zero-order valence-corrected chi connectivity index (χ0v) is 21.2. The van der Waals surface area contributed by atoms with Gasteiger partial charge in [0.1, 0.15) is 5.75 Å². The van der Waals surface area contributed by atoms with Crippen LogP contribution >= 0.6 is 0 Å². The van der Waals surface area contributed by atoms with Crippen LogP contribution in [-0.4, -0.2) is 14.5 Å². The quantitative estimate of drug-likeness (QED) is 0.392. The van der Waals surface area contributed by atoms with Gasteiger partial charge in [0.15, 0.2) is 0 Å². The van der Waals surface area contributed by atoms with Gasteiger partial charge in [-0.15, -0.1) is 0 Å². The van der Waals surface area contributed by atoms with Crippen molar-refractivity contribution >= 4 is 12.7 Å². The first-order valence-corrected chi connectivity index (χ1v) is 11.4. The molecule has 0 atom stereocenters. The summed E-state index contributed by atoms with van der Waals surface area (Å²) in [6.07, 6.45) is 6.31. The summed E-state index contributed by atoms with van der Waals surface area (Å²) in [6.45, 7) is 15.7. The largest absolute Gasteiger partial charge is 0.438 e. The third-order valence-corrected chi connectivity index (χ3v) is 4.56. The van der Waals surface area contributed by atoms with Gasteiger partial charge in [0.25, 0.3) is 5.56 Å². The lowest BCUT2D eigenvalue weighted by atomic mass is 10.0. The molecule has 0 saturated carbocycles. The summed E-state index contributed by atoms with van der Waals surface area (Å²) < 4.78 is 7.44. The van der Waals surface area contributed by atoms with E-state index in [1.807, 2.05) is 26.8 Å². The van der Waals surface area contributed by atoms with E-state index in [1.54, 1.807) is 56.7 Å². The lowest BCUT2D eigenvalue weighted by Gasteiger charge is -2.14. The molecule has 0 aliphatic rings. The number of pyridine rings is 2. The molecule has 0 aliphatic carbocycles. The molecule has 2 heterocycles. The average Bonchev–Trinajstić information content (AvgIpc) is 2.81. The monoisotopic (exact) mass is 465 g/mol. The number of benzene rings is 1. The van der Waals surface area contributed by atoms with Gasteiger partial charge in [-0.1, -0.05) is 52.8 Å². The van der Waals surface area contributed by atoms with Gasteiger partial charge in [0.05, 0.1) is 0 Å². The summed E-state index contributed by atoms with van der Waals surface area (Å²) in [4.78, 5) is 27.2. The predicted molar refractivity (Wildman–Crippen MR) is 139 cm³/mol. The molecule has 34 heavy (non-hydrogen) atoms. The van der Waals surface area contributed by atoms with Crippen LogP contribution in [0.4, 0.5) is 0 Å². The third-order valence-electron chi connectivity index (χ3n) is 4.56. The fourth-order valence-corrected chi connectivity index (χ4v) is 3.08. The zero-order chi connectivity index (χ0) is 25.8. The topological polar surface area (TPSA) is 87.3 Å². The maximum absolute atomic E-state index is 12.4. The van der Waals surface area contributed by atoms with Gasteiger partial charge in [-0.2, -0.15) is 0 Å². The van der Waals surface area contributed by atoms with Crippen LogP contribution < -0.4 is 20.7 Å². The molecule has 0 N–H and O–H groups in total. The van der Waals surface area contributed by atoms with Crippen LogP contribution in [0.25, 0.3) is 23.8 Å². The molecule has 0 fully saturated rings. The number of hydrogen-bond donors (Lipinski definition) is 0. The zero-order valence-electron chi connectivity index (χ0n) is 21.2. The highest BCUT2D eigenvalue weighted by Crippen LogP contribution is 2.32.